The summed E-state index contributed by atoms with van der Waals surface area (Å²) in [5, 5.41) is 7.05. The summed E-state index contributed by atoms with van der Waals surface area (Å²) in [6, 6.07) is 23.1. The van der Waals surface area contributed by atoms with E-state index in [4.69, 9.17) is 9.47 Å². The van der Waals surface area contributed by atoms with Crippen LogP contribution in [0.2, 0.25) is 0 Å². The summed E-state index contributed by atoms with van der Waals surface area (Å²) in [4.78, 5) is 16.6. The largest absolute Gasteiger partial charge is 0.493 e. The standard InChI is InChI=1S/C25H24N4O3/c1-31-24-13-22(11-12-23(24)32-16-21-5-3-2-4-6-21)25(30)27-14-19-7-9-20(10-8-19)15-29-18-26-17-28-29/h2-13,17-18H,14-16H2,1H3,(H,27,30). The van der Waals surface area contributed by atoms with Crippen molar-refractivity contribution in [2.75, 3.05) is 7.11 Å². The van der Waals surface area contributed by atoms with E-state index in [1.54, 1.807) is 36.3 Å². The summed E-state index contributed by atoms with van der Waals surface area (Å²) >= 11 is 0. The number of aromatic nitrogens is 3. The van der Waals surface area contributed by atoms with Gasteiger partial charge in [0, 0.05) is 12.1 Å². The molecule has 162 valence electrons. The van der Waals surface area contributed by atoms with Crippen molar-refractivity contribution >= 4 is 5.91 Å². The number of hydrogen-bond donors (Lipinski definition) is 1. The van der Waals surface area contributed by atoms with Crippen LogP contribution in [-0.2, 0) is 19.7 Å². The summed E-state index contributed by atoms with van der Waals surface area (Å²) in [5.74, 6) is 0.937. The zero-order valence-corrected chi connectivity index (χ0v) is 17.8. The Morgan fingerprint density at radius 2 is 1.72 bits per heavy atom. The highest BCUT2D eigenvalue weighted by molar-refractivity contribution is 5.94. The molecule has 1 N–H and O–H groups in total. The van der Waals surface area contributed by atoms with E-state index in [0.717, 1.165) is 16.7 Å². The van der Waals surface area contributed by atoms with Gasteiger partial charge in [0.25, 0.3) is 5.91 Å². The van der Waals surface area contributed by atoms with Crippen molar-refractivity contribution in [3.8, 4) is 11.5 Å². The molecule has 0 spiro atoms. The Labute approximate surface area is 186 Å². The number of nitrogens with zero attached hydrogens (tertiary/aromatic N) is 3. The Balaban J connectivity index is 1.33. The fraction of sp³-hybridized carbons (Fsp3) is 0.160. The zero-order valence-electron chi connectivity index (χ0n) is 17.8. The average Bonchev–Trinajstić information content (AvgIpc) is 3.35. The maximum atomic E-state index is 12.6. The molecule has 1 aromatic heterocycles. The molecule has 0 saturated heterocycles. The van der Waals surface area contributed by atoms with Gasteiger partial charge in [0.1, 0.15) is 19.3 Å². The van der Waals surface area contributed by atoms with Gasteiger partial charge in [0.05, 0.1) is 13.7 Å². The van der Waals surface area contributed by atoms with Gasteiger partial charge in [-0.3, -0.25) is 4.79 Å². The van der Waals surface area contributed by atoms with Gasteiger partial charge < -0.3 is 14.8 Å². The smallest absolute Gasteiger partial charge is 0.251 e. The van der Waals surface area contributed by atoms with Gasteiger partial charge in [-0.2, -0.15) is 5.10 Å². The highest BCUT2D eigenvalue weighted by Gasteiger charge is 2.11. The summed E-state index contributed by atoms with van der Waals surface area (Å²) in [5.41, 5.74) is 3.69. The second-order valence-electron chi connectivity index (χ2n) is 7.23. The van der Waals surface area contributed by atoms with E-state index in [1.807, 2.05) is 54.6 Å². The molecule has 0 bridgehead atoms. The number of rotatable bonds is 9. The maximum Gasteiger partial charge on any atom is 0.251 e. The lowest BCUT2D eigenvalue weighted by Gasteiger charge is -2.12. The van der Waals surface area contributed by atoms with Gasteiger partial charge in [0.2, 0.25) is 0 Å². The van der Waals surface area contributed by atoms with Crippen LogP contribution in [0.3, 0.4) is 0 Å². The first-order valence-electron chi connectivity index (χ1n) is 10.2. The van der Waals surface area contributed by atoms with E-state index < -0.39 is 0 Å². The average molecular weight is 428 g/mol. The molecule has 0 fully saturated rings. The molecule has 1 amide bonds. The topological polar surface area (TPSA) is 78.3 Å². The van der Waals surface area contributed by atoms with E-state index in [9.17, 15) is 4.79 Å². The van der Waals surface area contributed by atoms with Crippen LogP contribution in [0.4, 0.5) is 0 Å². The Kier molecular flexibility index (Phi) is 6.77. The molecule has 0 atom stereocenters. The lowest BCUT2D eigenvalue weighted by molar-refractivity contribution is 0.0950. The highest BCUT2D eigenvalue weighted by Crippen LogP contribution is 2.29. The van der Waals surface area contributed by atoms with Crippen molar-refractivity contribution in [1.29, 1.82) is 0 Å². The molecule has 1 heterocycles. The molecular weight excluding hydrogens is 404 g/mol. The molecule has 0 radical (unpaired) electrons. The second kappa shape index (κ2) is 10.3. The number of amides is 1. The normalized spacial score (nSPS) is 10.5. The van der Waals surface area contributed by atoms with Crippen molar-refractivity contribution < 1.29 is 14.3 Å². The second-order valence-corrected chi connectivity index (χ2v) is 7.23. The van der Waals surface area contributed by atoms with Crippen LogP contribution in [0.1, 0.15) is 27.0 Å². The molecule has 4 rings (SSSR count). The van der Waals surface area contributed by atoms with Gasteiger partial charge in [-0.05, 0) is 34.9 Å². The predicted molar refractivity (Wildman–Crippen MR) is 121 cm³/mol. The quantitative estimate of drug-likeness (QED) is 0.438. The number of ether oxygens (including phenoxy) is 2. The maximum absolute atomic E-state index is 12.6. The van der Waals surface area contributed by atoms with E-state index in [0.29, 0.717) is 36.8 Å². The zero-order chi connectivity index (χ0) is 22.2. The molecule has 0 aliphatic carbocycles. The lowest BCUT2D eigenvalue weighted by atomic mass is 10.1. The van der Waals surface area contributed by atoms with E-state index in [1.165, 1.54) is 6.33 Å². The number of carbonyl (C=O) groups is 1. The number of benzene rings is 3. The number of nitrogens with one attached hydrogen (secondary N) is 1. The molecule has 4 aromatic rings. The van der Waals surface area contributed by atoms with Crippen LogP contribution >= 0.6 is 0 Å². The fourth-order valence-corrected chi connectivity index (χ4v) is 3.21. The van der Waals surface area contributed by atoms with Gasteiger partial charge in [-0.25, -0.2) is 9.67 Å². The van der Waals surface area contributed by atoms with Crippen molar-refractivity contribution in [3.63, 3.8) is 0 Å². The summed E-state index contributed by atoms with van der Waals surface area (Å²) in [6.45, 7) is 1.51. The molecule has 0 unspecified atom stereocenters. The molecule has 3 aromatic carbocycles. The predicted octanol–water partition coefficient (Wildman–Crippen LogP) is 3.84. The first-order valence-corrected chi connectivity index (χ1v) is 10.2. The van der Waals surface area contributed by atoms with E-state index in [2.05, 4.69) is 15.4 Å². The molecule has 0 saturated carbocycles. The highest BCUT2D eigenvalue weighted by atomic mass is 16.5. The van der Waals surface area contributed by atoms with Crippen molar-refractivity contribution in [1.82, 2.24) is 20.1 Å². The molecule has 7 heteroatoms. The van der Waals surface area contributed by atoms with Crippen LogP contribution in [0.15, 0.2) is 85.5 Å². The van der Waals surface area contributed by atoms with Crippen LogP contribution in [0.5, 0.6) is 11.5 Å². The number of carbonyl (C=O) groups excluding carboxylic acids is 1. The number of hydrogen-bond acceptors (Lipinski definition) is 5. The van der Waals surface area contributed by atoms with Crippen molar-refractivity contribution in [3.05, 3.63) is 108 Å². The third-order valence-electron chi connectivity index (χ3n) is 4.95. The Morgan fingerprint density at radius 1 is 0.938 bits per heavy atom. The van der Waals surface area contributed by atoms with Gasteiger partial charge >= 0.3 is 0 Å². The minimum Gasteiger partial charge on any atom is -0.493 e. The van der Waals surface area contributed by atoms with Crippen LogP contribution < -0.4 is 14.8 Å². The molecule has 7 nitrogen and oxygen atoms in total. The molecule has 0 aliphatic rings. The van der Waals surface area contributed by atoms with Crippen LogP contribution in [0.25, 0.3) is 0 Å². The third kappa shape index (κ3) is 5.51. The van der Waals surface area contributed by atoms with Crippen LogP contribution in [0, 0.1) is 0 Å². The number of methoxy groups -OCH3 is 1. The first-order chi connectivity index (χ1) is 15.7. The molecule has 0 aliphatic heterocycles. The minimum absolute atomic E-state index is 0.176. The molecular formula is C25H24N4O3. The molecule has 32 heavy (non-hydrogen) atoms. The van der Waals surface area contributed by atoms with Crippen molar-refractivity contribution in [2.45, 2.75) is 19.7 Å². The lowest BCUT2D eigenvalue weighted by Crippen LogP contribution is -2.22. The monoisotopic (exact) mass is 428 g/mol. The summed E-state index contributed by atoms with van der Waals surface area (Å²) in [6.07, 6.45) is 3.20. The minimum atomic E-state index is -0.176. The fourth-order valence-electron chi connectivity index (χ4n) is 3.21. The van der Waals surface area contributed by atoms with E-state index in [-0.39, 0.29) is 5.91 Å². The van der Waals surface area contributed by atoms with E-state index >= 15 is 0 Å². The van der Waals surface area contributed by atoms with Gasteiger partial charge in [-0.15, -0.1) is 0 Å². The van der Waals surface area contributed by atoms with Gasteiger partial charge in [0.15, 0.2) is 11.5 Å². The van der Waals surface area contributed by atoms with Crippen LogP contribution in [-0.4, -0.2) is 27.8 Å². The van der Waals surface area contributed by atoms with Crippen molar-refractivity contribution in [2.24, 2.45) is 0 Å². The Morgan fingerprint density at radius 3 is 2.44 bits per heavy atom. The van der Waals surface area contributed by atoms with Gasteiger partial charge in [-0.1, -0.05) is 54.6 Å². The summed E-state index contributed by atoms with van der Waals surface area (Å²) in [7, 11) is 1.56. The Hall–Kier alpha value is -4.13. The summed E-state index contributed by atoms with van der Waals surface area (Å²) < 4.78 is 13.0. The Bertz CT molecular complexity index is 1140. The third-order valence-corrected chi connectivity index (χ3v) is 4.95. The first kappa shape index (κ1) is 21.1. The SMILES string of the molecule is COc1cc(C(=O)NCc2ccc(Cn3cncn3)cc2)ccc1OCc1ccccc1.